The number of amides is 1. The van der Waals surface area contributed by atoms with Crippen LogP contribution in [0.4, 0.5) is 4.39 Å². The number of halogens is 1. The summed E-state index contributed by atoms with van der Waals surface area (Å²) in [4.78, 5) is 12.0. The second kappa shape index (κ2) is 6.30. The van der Waals surface area contributed by atoms with E-state index in [1.165, 1.54) is 12.1 Å². The van der Waals surface area contributed by atoms with E-state index in [2.05, 4.69) is 5.32 Å². The summed E-state index contributed by atoms with van der Waals surface area (Å²) in [6, 6.07) is 11.7. The molecule has 2 aromatic rings. The van der Waals surface area contributed by atoms with Crippen molar-refractivity contribution in [3.8, 4) is 0 Å². The molecule has 0 heterocycles. The molecular formula is C16H16FNO2. The minimum absolute atomic E-state index is 0.0338. The Morgan fingerprint density at radius 2 is 1.90 bits per heavy atom. The predicted molar refractivity (Wildman–Crippen MR) is 74.7 cm³/mol. The number of aliphatic hydroxyl groups excluding tert-OH is 1. The highest BCUT2D eigenvalue weighted by molar-refractivity contribution is 5.94. The number of aliphatic hydroxyl groups is 1. The first-order valence-electron chi connectivity index (χ1n) is 6.34. The van der Waals surface area contributed by atoms with Gasteiger partial charge in [-0.25, -0.2) is 4.39 Å². The van der Waals surface area contributed by atoms with Crippen molar-refractivity contribution in [2.24, 2.45) is 0 Å². The Labute approximate surface area is 117 Å². The highest BCUT2D eigenvalue weighted by atomic mass is 19.1. The van der Waals surface area contributed by atoms with E-state index >= 15 is 0 Å². The van der Waals surface area contributed by atoms with Gasteiger partial charge in [0, 0.05) is 6.54 Å². The molecule has 0 atom stereocenters. The Kier molecular flexibility index (Phi) is 4.48. The van der Waals surface area contributed by atoms with E-state index in [9.17, 15) is 14.3 Å². The van der Waals surface area contributed by atoms with Crippen LogP contribution in [0.5, 0.6) is 0 Å². The Bertz CT molecular complexity index is 626. The van der Waals surface area contributed by atoms with Crippen LogP contribution in [0.3, 0.4) is 0 Å². The molecule has 2 aromatic carbocycles. The van der Waals surface area contributed by atoms with Crippen molar-refractivity contribution in [2.45, 2.75) is 20.1 Å². The number of rotatable bonds is 4. The summed E-state index contributed by atoms with van der Waals surface area (Å²) in [6.07, 6.45) is 0. The van der Waals surface area contributed by atoms with Crippen molar-refractivity contribution in [1.29, 1.82) is 0 Å². The van der Waals surface area contributed by atoms with Gasteiger partial charge in [-0.2, -0.15) is 0 Å². The maximum atomic E-state index is 13.6. The molecule has 3 nitrogen and oxygen atoms in total. The molecule has 2 N–H and O–H groups in total. The normalized spacial score (nSPS) is 10.3. The Balaban J connectivity index is 2.11. The maximum absolute atomic E-state index is 13.6. The lowest BCUT2D eigenvalue weighted by molar-refractivity contribution is 0.0946. The first kappa shape index (κ1) is 14.2. The monoisotopic (exact) mass is 273 g/mol. The fourth-order valence-corrected chi connectivity index (χ4v) is 1.97. The molecule has 0 fully saturated rings. The first-order chi connectivity index (χ1) is 9.61. The molecule has 2 rings (SSSR count). The van der Waals surface area contributed by atoms with E-state index in [0.29, 0.717) is 0 Å². The summed E-state index contributed by atoms with van der Waals surface area (Å²) in [5.74, 6) is -0.998. The molecule has 0 aliphatic heterocycles. The minimum Gasteiger partial charge on any atom is -0.392 e. The number of carbonyl (C=O) groups excluding carboxylic acids is 1. The van der Waals surface area contributed by atoms with Gasteiger partial charge >= 0.3 is 0 Å². The molecule has 0 spiro atoms. The average molecular weight is 273 g/mol. The molecule has 1 amide bonds. The molecule has 0 aliphatic carbocycles. The van der Waals surface area contributed by atoms with Gasteiger partial charge in [0.2, 0.25) is 0 Å². The Morgan fingerprint density at radius 3 is 2.60 bits per heavy atom. The van der Waals surface area contributed by atoms with Crippen LogP contribution >= 0.6 is 0 Å². The third-order valence-corrected chi connectivity index (χ3v) is 3.09. The zero-order chi connectivity index (χ0) is 14.5. The summed E-state index contributed by atoms with van der Waals surface area (Å²) in [5, 5.41) is 11.9. The zero-order valence-corrected chi connectivity index (χ0v) is 11.2. The molecule has 0 aliphatic rings. The van der Waals surface area contributed by atoms with Crippen LogP contribution in [-0.2, 0) is 13.2 Å². The van der Waals surface area contributed by atoms with Crippen LogP contribution in [0.1, 0.15) is 27.0 Å². The van der Waals surface area contributed by atoms with E-state index in [0.717, 1.165) is 16.7 Å². The number of hydrogen-bond acceptors (Lipinski definition) is 2. The lowest BCUT2D eigenvalue weighted by Crippen LogP contribution is -2.24. The number of aryl methyl sites for hydroxylation is 1. The minimum atomic E-state index is -0.538. The van der Waals surface area contributed by atoms with Crippen molar-refractivity contribution < 1.29 is 14.3 Å². The first-order valence-corrected chi connectivity index (χ1v) is 6.34. The molecule has 0 unspecified atom stereocenters. The van der Waals surface area contributed by atoms with E-state index < -0.39 is 11.7 Å². The van der Waals surface area contributed by atoms with Gasteiger partial charge < -0.3 is 10.4 Å². The molecule has 0 saturated heterocycles. The average Bonchev–Trinajstić information content (AvgIpc) is 2.47. The summed E-state index contributed by atoms with van der Waals surface area (Å²) in [6.45, 7) is 1.96. The highest BCUT2D eigenvalue weighted by Crippen LogP contribution is 2.12. The van der Waals surface area contributed by atoms with Gasteiger partial charge in [0.05, 0.1) is 12.2 Å². The van der Waals surface area contributed by atoms with Crippen LogP contribution < -0.4 is 5.32 Å². The number of nitrogens with one attached hydrogen (secondary N) is 1. The van der Waals surface area contributed by atoms with Crippen LogP contribution in [0, 0.1) is 12.7 Å². The number of benzene rings is 2. The molecule has 20 heavy (non-hydrogen) atoms. The zero-order valence-electron chi connectivity index (χ0n) is 11.2. The second-order valence-electron chi connectivity index (χ2n) is 4.59. The van der Waals surface area contributed by atoms with E-state index in [1.54, 1.807) is 19.1 Å². The van der Waals surface area contributed by atoms with Crippen LogP contribution in [-0.4, -0.2) is 11.0 Å². The highest BCUT2D eigenvalue weighted by Gasteiger charge is 2.12. The Morgan fingerprint density at radius 1 is 1.20 bits per heavy atom. The lowest BCUT2D eigenvalue weighted by Gasteiger charge is -2.10. The van der Waals surface area contributed by atoms with E-state index in [4.69, 9.17) is 0 Å². The van der Waals surface area contributed by atoms with Gasteiger partial charge in [0.25, 0.3) is 5.91 Å². The topological polar surface area (TPSA) is 49.3 Å². The fourth-order valence-electron chi connectivity index (χ4n) is 1.97. The van der Waals surface area contributed by atoms with Gasteiger partial charge in [0.15, 0.2) is 0 Å². The summed E-state index contributed by atoms with van der Waals surface area (Å²) in [5.41, 5.74) is 2.42. The van der Waals surface area contributed by atoms with Crippen molar-refractivity contribution in [3.63, 3.8) is 0 Å². The van der Waals surface area contributed by atoms with E-state index in [-0.39, 0.29) is 18.7 Å². The van der Waals surface area contributed by atoms with Crippen LogP contribution in [0.25, 0.3) is 0 Å². The number of hydrogen-bond donors (Lipinski definition) is 2. The molecular weight excluding hydrogens is 257 g/mol. The molecule has 104 valence electrons. The van der Waals surface area contributed by atoms with Crippen molar-refractivity contribution in [1.82, 2.24) is 5.32 Å². The fraction of sp³-hybridized carbons (Fsp3) is 0.188. The predicted octanol–water partition coefficient (Wildman–Crippen LogP) is 2.56. The molecule has 0 bridgehead atoms. The van der Waals surface area contributed by atoms with Gasteiger partial charge in [-0.15, -0.1) is 0 Å². The van der Waals surface area contributed by atoms with Crippen molar-refractivity contribution in [3.05, 3.63) is 70.5 Å². The maximum Gasteiger partial charge on any atom is 0.254 e. The van der Waals surface area contributed by atoms with Gasteiger partial charge in [-0.1, -0.05) is 35.9 Å². The largest absolute Gasteiger partial charge is 0.392 e. The smallest absolute Gasteiger partial charge is 0.254 e. The molecule has 0 aromatic heterocycles. The number of carbonyl (C=O) groups is 1. The van der Waals surface area contributed by atoms with Crippen molar-refractivity contribution in [2.75, 3.05) is 0 Å². The van der Waals surface area contributed by atoms with Crippen LogP contribution in [0.2, 0.25) is 0 Å². The summed E-state index contributed by atoms with van der Waals surface area (Å²) in [7, 11) is 0. The van der Waals surface area contributed by atoms with E-state index in [1.807, 2.05) is 18.2 Å². The molecule has 0 saturated carbocycles. The third kappa shape index (κ3) is 3.22. The lowest BCUT2D eigenvalue weighted by atomic mass is 10.1. The Hall–Kier alpha value is -2.20. The molecule has 0 radical (unpaired) electrons. The SMILES string of the molecule is Cc1ccc(F)c(C(=O)NCc2ccccc2CO)c1. The van der Waals surface area contributed by atoms with Gasteiger partial charge in [-0.05, 0) is 30.2 Å². The summed E-state index contributed by atoms with van der Waals surface area (Å²) < 4.78 is 13.6. The second-order valence-corrected chi connectivity index (χ2v) is 4.59. The quantitative estimate of drug-likeness (QED) is 0.899. The summed E-state index contributed by atoms with van der Waals surface area (Å²) >= 11 is 0. The van der Waals surface area contributed by atoms with Crippen molar-refractivity contribution >= 4 is 5.91 Å². The van der Waals surface area contributed by atoms with Gasteiger partial charge in [-0.3, -0.25) is 4.79 Å². The van der Waals surface area contributed by atoms with Gasteiger partial charge in [0.1, 0.15) is 5.82 Å². The molecule has 4 heteroatoms. The third-order valence-electron chi connectivity index (χ3n) is 3.09. The van der Waals surface area contributed by atoms with Crippen LogP contribution in [0.15, 0.2) is 42.5 Å². The standard InChI is InChI=1S/C16H16FNO2/c1-11-6-7-15(17)14(8-11)16(20)18-9-12-4-2-3-5-13(12)10-19/h2-8,19H,9-10H2,1H3,(H,18,20).